The van der Waals surface area contributed by atoms with Gasteiger partial charge in [0.05, 0.1) is 0 Å². The Kier molecular flexibility index (Phi) is 1.06. The fourth-order valence-corrected chi connectivity index (χ4v) is 0.338. The molecule has 1 aliphatic heterocycles. The normalized spacial score (nSPS) is 16.4. The van der Waals surface area contributed by atoms with E-state index in [0.29, 0.717) is 0 Å². The summed E-state index contributed by atoms with van der Waals surface area (Å²) in [6.45, 7) is 2.00. The quantitative estimate of drug-likeness (QED) is 0.481. The van der Waals surface area contributed by atoms with Gasteiger partial charge in [-0.3, -0.25) is 0 Å². The fraction of sp³-hybridized carbons (Fsp3) is 0.500. The maximum atomic E-state index is 4.44. The van der Waals surface area contributed by atoms with Gasteiger partial charge in [-0.05, 0) is 6.42 Å². The van der Waals surface area contributed by atoms with E-state index in [1.54, 1.807) is 6.26 Å². The maximum Gasteiger partial charge on any atom is 0.467 e. The molecule has 1 radical (unpaired) electrons. The van der Waals surface area contributed by atoms with Crippen LogP contribution in [0.2, 0.25) is 0 Å². The summed E-state index contributed by atoms with van der Waals surface area (Å²) in [6.07, 6.45) is 2.43. The summed E-state index contributed by atoms with van der Waals surface area (Å²) in [5.41, 5.74) is 0.903. The van der Waals surface area contributed by atoms with Crippen LogP contribution in [0.25, 0.3) is 0 Å². The van der Waals surface area contributed by atoms with Crippen LogP contribution in [0.1, 0.15) is 13.3 Å². The zero-order chi connectivity index (χ0) is 5.11. The van der Waals surface area contributed by atoms with Gasteiger partial charge in [-0.2, -0.15) is 4.84 Å². The second kappa shape index (κ2) is 1.73. The summed E-state index contributed by atoms with van der Waals surface area (Å²) < 4.78 is 0. The van der Waals surface area contributed by atoms with Crippen molar-refractivity contribution in [2.75, 3.05) is 0 Å². The smallest absolute Gasteiger partial charge is 0.151 e. The highest BCUT2D eigenvalue weighted by molar-refractivity contribution is 4.93. The van der Waals surface area contributed by atoms with E-state index < -0.39 is 0 Å². The molecule has 1 aliphatic rings. The Bertz CT molecular complexity index is 117. The van der Waals surface area contributed by atoms with Crippen LogP contribution in [0.5, 0.6) is 0 Å². The standard InChI is InChI=1S/C4H6N2O/c1-2-4-3-7-6-5-4/h3H,2H2,1H3/q+1. The maximum absolute atomic E-state index is 4.44. The topological polar surface area (TPSA) is 35.7 Å². The third-order valence-corrected chi connectivity index (χ3v) is 0.767. The lowest BCUT2D eigenvalue weighted by Gasteiger charge is -1.70. The highest BCUT2D eigenvalue weighted by atomic mass is 16.6. The van der Waals surface area contributed by atoms with Gasteiger partial charge in [0.2, 0.25) is 6.26 Å². The molecule has 3 heteroatoms. The number of nitrogens with zero attached hydrogens (tertiary/aromatic N) is 2. The Hall–Kier alpha value is -0.860. The molecule has 0 bridgehead atoms. The van der Waals surface area contributed by atoms with Gasteiger partial charge in [0, 0.05) is 0 Å². The van der Waals surface area contributed by atoms with Crippen LogP contribution >= 0.6 is 0 Å². The Morgan fingerprint density at radius 1 is 2.00 bits per heavy atom. The van der Waals surface area contributed by atoms with Crippen molar-refractivity contribution in [3.63, 3.8) is 0 Å². The third-order valence-electron chi connectivity index (χ3n) is 0.767. The average molecular weight is 98.1 g/mol. The highest BCUT2D eigenvalue weighted by Crippen LogP contribution is 2.03. The van der Waals surface area contributed by atoms with Crippen molar-refractivity contribution >= 4 is 0 Å². The molecular formula is C4H6N2O+. The van der Waals surface area contributed by atoms with Crippen LogP contribution in [0.15, 0.2) is 17.1 Å². The van der Waals surface area contributed by atoms with Crippen LogP contribution in [-0.4, -0.2) is 0 Å². The van der Waals surface area contributed by atoms with Crippen molar-refractivity contribution in [1.82, 2.24) is 5.28 Å². The number of allylic oxidation sites excluding steroid dienone is 1. The van der Waals surface area contributed by atoms with E-state index in [1.807, 2.05) is 6.92 Å². The van der Waals surface area contributed by atoms with Gasteiger partial charge >= 0.3 is 5.28 Å². The molecule has 0 saturated heterocycles. The summed E-state index contributed by atoms with van der Waals surface area (Å²) in [6, 6.07) is 0. The first kappa shape index (κ1) is 4.30. The second-order valence-electron chi connectivity index (χ2n) is 1.25. The molecule has 0 fully saturated rings. The van der Waals surface area contributed by atoms with Crippen molar-refractivity contribution in [2.24, 2.45) is 5.11 Å². The molecule has 7 heavy (non-hydrogen) atoms. The van der Waals surface area contributed by atoms with Gasteiger partial charge < -0.3 is 0 Å². The number of hydrogen-bond acceptors (Lipinski definition) is 3. The van der Waals surface area contributed by atoms with Gasteiger partial charge in [-0.1, -0.05) is 6.92 Å². The zero-order valence-corrected chi connectivity index (χ0v) is 4.09. The Labute approximate surface area is 41.7 Å². The van der Waals surface area contributed by atoms with E-state index in [2.05, 4.69) is 15.2 Å². The molecule has 0 atom stereocenters. The number of rotatable bonds is 1. The largest absolute Gasteiger partial charge is 0.467 e. The van der Waals surface area contributed by atoms with Gasteiger partial charge in [0.15, 0.2) is 5.70 Å². The number of hydrogen-bond donors (Lipinski definition) is 0. The zero-order valence-electron chi connectivity index (χ0n) is 4.09. The fourth-order valence-electron chi connectivity index (χ4n) is 0.338. The van der Waals surface area contributed by atoms with Crippen LogP contribution in [0.3, 0.4) is 0 Å². The van der Waals surface area contributed by atoms with E-state index in [9.17, 15) is 0 Å². The molecule has 0 unspecified atom stereocenters. The van der Waals surface area contributed by atoms with Crippen LogP contribution in [-0.2, 0) is 4.84 Å². The lowest BCUT2D eigenvalue weighted by atomic mass is 10.4. The Morgan fingerprint density at radius 2 is 2.86 bits per heavy atom. The van der Waals surface area contributed by atoms with E-state index >= 15 is 0 Å². The van der Waals surface area contributed by atoms with Crippen molar-refractivity contribution in [3.8, 4) is 0 Å². The molecule has 0 amide bonds. The minimum absolute atomic E-state index is 0.892. The van der Waals surface area contributed by atoms with Crippen molar-refractivity contribution in [3.05, 3.63) is 12.0 Å². The molecule has 0 saturated carbocycles. The molecule has 1 rings (SSSR count). The van der Waals surface area contributed by atoms with Crippen LogP contribution < -0.4 is 5.28 Å². The lowest BCUT2D eigenvalue weighted by molar-refractivity contribution is 0.199. The van der Waals surface area contributed by atoms with E-state index in [1.165, 1.54) is 0 Å². The minimum Gasteiger partial charge on any atom is -0.151 e. The molecule has 37 valence electrons. The summed E-state index contributed by atoms with van der Waals surface area (Å²) in [5, 5.41) is 6.89. The lowest BCUT2D eigenvalue weighted by Crippen LogP contribution is -1.68. The summed E-state index contributed by atoms with van der Waals surface area (Å²) in [7, 11) is 0. The first-order chi connectivity index (χ1) is 3.43. The van der Waals surface area contributed by atoms with Crippen molar-refractivity contribution < 1.29 is 4.84 Å². The SMILES string of the molecule is CCC1=CO[N+]=N1. The molecule has 3 nitrogen and oxygen atoms in total. The second-order valence-corrected chi connectivity index (χ2v) is 1.25. The summed E-state index contributed by atoms with van der Waals surface area (Å²) in [5.74, 6) is 0. The monoisotopic (exact) mass is 98.0 g/mol. The molecular weight excluding hydrogens is 92.1 g/mol. The molecule has 0 aliphatic carbocycles. The molecule has 0 aromatic heterocycles. The van der Waals surface area contributed by atoms with E-state index in [4.69, 9.17) is 0 Å². The van der Waals surface area contributed by atoms with Crippen molar-refractivity contribution in [1.29, 1.82) is 0 Å². The van der Waals surface area contributed by atoms with Crippen LogP contribution in [0, 0.1) is 0 Å². The van der Waals surface area contributed by atoms with Crippen LogP contribution in [0.4, 0.5) is 0 Å². The predicted octanol–water partition coefficient (Wildman–Crippen LogP) is 0.971. The van der Waals surface area contributed by atoms with Gasteiger partial charge in [-0.15, -0.1) is 0 Å². The average Bonchev–Trinajstić information content (AvgIpc) is 2.14. The molecule has 0 N–H and O–H groups in total. The van der Waals surface area contributed by atoms with Gasteiger partial charge in [0.1, 0.15) is 5.11 Å². The Morgan fingerprint density at radius 3 is 3.14 bits per heavy atom. The molecule has 0 aromatic rings. The minimum atomic E-state index is 0.892. The van der Waals surface area contributed by atoms with Gasteiger partial charge in [0.25, 0.3) is 0 Å². The highest BCUT2D eigenvalue weighted by Gasteiger charge is 2.09. The first-order valence-corrected chi connectivity index (χ1v) is 2.19. The van der Waals surface area contributed by atoms with Crippen molar-refractivity contribution in [2.45, 2.75) is 13.3 Å². The first-order valence-electron chi connectivity index (χ1n) is 2.19. The molecule has 0 aromatic carbocycles. The van der Waals surface area contributed by atoms with Gasteiger partial charge in [-0.25, -0.2) is 0 Å². The summed E-state index contributed by atoms with van der Waals surface area (Å²) >= 11 is 0. The molecule has 1 heterocycles. The Balaban J connectivity index is 2.52. The summed E-state index contributed by atoms with van der Waals surface area (Å²) in [4.78, 5) is 4.44. The molecule has 0 spiro atoms. The van der Waals surface area contributed by atoms with E-state index in [-0.39, 0.29) is 0 Å². The predicted molar refractivity (Wildman–Crippen MR) is 24.0 cm³/mol. The third kappa shape index (κ3) is 0.765. The van der Waals surface area contributed by atoms with E-state index in [0.717, 1.165) is 12.1 Å².